The lowest BCUT2D eigenvalue weighted by molar-refractivity contribution is 0.143. The Morgan fingerprint density at radius 3 is 2.56 bits per heavy atom. The fourth-order valence-electron chi connectivity index (χ4n) is 3.03. The lowest BCUT2D eigenvalue weighted by Crippen LogP contribution is -2.37. The molecule has 2 aromatic heterocycles. The van der Waals surface area contributed by atoms with E-state index in [0.717, 1.165) is 24.6 Å². The van der Waals surface area contributed by atoms with Crippen molar-refractivity contribution in [2.45, 2.75) is 26.6 Å². The van der Waals surface area contributed by atoms with E-state index in [2.05, 4.69) is 38.9 Å². The van der Waals surface area contributed by atoms with Gasteiger partial charge < -0.3 is 20.1 Å². The van der Waals surface area contributed by atoms with Gasteiger partial charge in [0.15, 0.2) is 5.96 Å². The van der Waals surface area contributed by atoms with Crippen LogP contribution in [0.3, 0.4) is 0 Å². The number of guanidine groups is 1. The van der Waals surface area contributed by atoms with E-state index in [1.165, 1.54) is 11.1 Å². The molecule has 2 N–H and O–H groups in total. The Balaban J connectivity index is 0.00000363. The molecule has 2 heterocycles. The van der Waals surface area contributed by atoms with Crippen LogP contribution in [-0.2, 0) is 24.4 Å². The molecule has 0 aliphatic rings. The first-order valence-electron chi connectivity index (χ1n) is 10.4. The number of aromatic nitrogens is 3. The average molecular weight is 550 g/mol. The van der Waals surface area contributed by atoms with Crippen molar-refractivity contribution in [2.75, 3.05) is 26.9 Å². The van der Waals surface area contributed by atoms with E-state index in [0.29, 0.717) is 32.2 Å². The van der Waals surface area contributed by atoms with Gasteiger partial charge >= 0.3 is 0 Å². The minimum Gasteiger partial charge on any atom is -0.475 e. The minimum absolute atomic E-state index is 0. The van der Waals surface area contributed by atoms with Gasteiger partial charge in [0.1, 0.15) is 6.61 Å². The molecule has 0 fully saturated rings. The Labute approximate surface area is 206 Å². The van der Waals surface area contributed by atoms with Crippen molar-refractivity contribution in [3.8, 4) is 5.88 Å². The highest BCUT2D eigenvalue weighted by atomic mass is 127. The Morgan fingerprint density at radius 1 is 1.00 bits per heavy atom. The Bertz CT molecular complexity index is 949. The molecular weight excluding hydrogens is 519 g/mol. The standard InChI is InChI=1S/C23H30N6O2.HI/c1-3-24-23(27-17-20-10-6-11-25-22(20)31-15-14-30-2)26-16-19-8-4-5-9-21(19)18-29-13-7-12-28-29;/h4-13H,3,14-18H2,1-2H3,(H2,24,26,27);1H. The van der Waals surface area contributed by atoms with Crippen LogP contribution in [0.25, 0.3) is 0 Å². The van der Waals surface area contributed by atoms with Gasteiger partial charge in [-0.1, -0.05) is 30.3 Å². The quantitative estimate of drug-likeness (QED) is 0.165. The van der Waals surface area contributed by atoms with Gasteiger partial charge in [-0.3, -0.25) is 4.68 Å². The normalized spacial score (nSPS) is 11.0. The molecule has 0 aliphatic heterocycles. The molecule has 0 saturated heterocycles. The fraction of sp³-hybridized carbons (Fsp3) is 0.348. The zero-order valence-corrected chi connectivity index (χ0v) is 20.9. The van der Waals surface area contributed by atoms with Gasteiger partial charge in [-0.25, -0.2) is 9.98 Å². The fourth-order valence-corrected chi connectivity index (χ4v) is 3.03. The van der Waals surface area contributed by atoms with Crippen LogP contribution in [0.4, 0.5) is 0 Å². The SMILES string of the molecule is CCNC(=NCc1cccnc1OCCOC)NCc1ccccc1Cn1cccn1.I. The summed E-state index contributed by atoms with van der Waals surface area (Å²) < 4.78 is 12.7. The van der Waals surface area contributed by atoms with Crippen molar-refractivity contribution in [1.82, 2.24) is 25.4 Å². The van der Waals surface area contributed by atoms with E-state index in [9.17, 15) is 0 Å². The lowest BCUT2D eigenvalue weighted by Gasteiger charge is -2.15. The average Bonchev–Trinajstić information content (AvgIpc) is 3.31. The van der Waals surface area contributed by atoms with Crippen LogP contribution in [-0.4, -0.2) is 47.6 Å². The minimum atomic E-state index is 0. The van der Waals surface area contributed by atoms with Crippen molar-refractivity contribution in [2.24, 2.45) is 4.99 Å². The van der Waals surface area contributed by atoms with Gasteiger partial charge in [0, 0.05) is 44.4 Å². The molecular formula is C23H31IN6O2. The predicted octanol–water partition coefficient (Wildman–Crippen LogP) is 3.22. The molecule has 0 atom stereocenters. The predicted molar refractivity (Wildman–Crippen MR) is 136 cm³/mol. The maximum absolute atomic E-state index is 5.71. The Kier molecular flexibility index (Phi) is 11.5. The zero-order valence-electron chi connectivity index (χ0n) is 18.5. The second kappa shape index (κ2) is 14.4. The number of methoxy groups -OCH3 is 1. The van der Waals surface area contributed by atoms with E-state index < -0.39 is 0 Å². The molecule has 32 heavy (non-hydrogen) atoms. The van der Waals surface area contributed by atoms with E-state index in [1.54, 1.807) is 19.5 Å². The number of aliphatic imine (C=N–C) groups is 1. The molecule has 9 heteroatoms. The van der Waals surface area contributed by atoms with Crippen LogP contribution < -0.4 is 15.4 Å². The highest BCUT2D eigenvalue weighted by Crippen LogP contribution is 2.15. The summed E-state index contributed by atoms with van der Waals surface area (Å²) in [4.78, 5) is 9.04. The summed E-state index contributed by atoms with van der Waals surface area (Å²) >= 11 is 0. The second-order valence-electron chi connectivity index (χ2n) is 6.83. The topological polar surface area (TPSA) is 85.6 Å². The third kappa shape index (κ3) is 8.12. The molecule has 0 spiro atoms. The van der Waals surface area contributed by atoms with Gasteiger partial charge in [-0.05, 0) is 30.2 Å². The van der Waals surface area contributed by atoms with Crippen molar-refractivity contribution < 1.29 is 9.47 Å². The van der Waals surface area contributed by atoms with Crippen molar-refractivity contribution in [1.29, 1.82) is 0 Å². The summed E-state index contributed by atoms with van der Waals surface area (Å²) in [6.45, 7) is 5.64. The molecule has 1 aromatic carbocycles. The van der Waals surface area contributed by atoms with Crippen LogP contribution in [0.15, 0.2) is 66.0 Å². The maximum atomic E-state index is 5.71. The Morgan fingerprint density at radius 2 is 1.81 bits per heavy atom. The first-order chi connectivity index (χ1) is 15.3. The van der Waals surface area contributed by atoms with Crippen LogP contribution in [0.1, 0.15) is 23.6 Å². The van der Waals surface area contributed by atoms with Crippen LogP contribution in [0.5, 0.6) is 5.88 Å². The van der Waals surface area contributed by atoms with Gasteiger partial charge in [-0.15, -0.1) is 24.0 Å². The third-order valence-corrected chi connectivity index (χ3v) is 4.58. The molecule has 0 unspecified atom stereocenters. The van der Waals surface area contributed by atoms with E-state index in [-0.39, 0.29) is 24.0 Å². The van der Waals surface area contributed by atoms with E-state index >= 15 is 0 Å². The van der Waals surface area contributed by atoms with Crippen molar-refractivity contribution in [3.05, 3.63) is 77.7 Å². The molecule has 172 valence electrons. The summed E-state index contributed by atoms with van der Waals surface area (Å²) in [5.41, 5.74) is 3.35. The molecule has 8 nitrogen and oxygen atoms in total. The number of nitrogens with zero attached hydrogens (tertiary/aromatic N) is 4. The molecule has 0 bridgehead atoms. The molecule has 0 radical (unpaired) electrons. The van der Waals surface area contributed by atoms with Crippen LogP contribution >= 0.6 is 24.0 Å². The largest absolute Gasteiger partial charge is 0.475 e. The molecule has 3 rings (SSSR count). The highest BCUT2D eigenvalue weighted by Gasteiger charge is 2.07. The number of rotatable bonds is 11. The van der Waals surface area contributed by atoms with Gasteiger partial charge in [0.2, 0.25) is 5.88 Å². The summed E-state index contributed by atoms with van der Waals surface area (Å²) in [5, 5.41) is 11.0. The zero-order chi connectivity index (χ0) is 21.7. The van der Waals surface area contributed by atoms with Crippen LogP contribution in [0, 0.1) is 0 Å². The number of halogens is 1. The molecule has 0 aliphatic carbocycles. The van der Waals surface area contributed by atoms with Crippen LogP contribution in [0.2, 0.25) is 0 Å². The first kappa shape index (κ1) is 25.6. The summed E-state index contributed by atoms with van der Waals surface area (Å²) in [5.74, 6) is 1.33. The summed E-state index contributed by atoms with van der Waals surface area (Å²) in [6.07, 6.45) is 5.48. The number of nitrogens with one attached hydrogen (secondary N) is 2. The van der Waals surface area contributed by atoms with E-state index in [1.807, 2.05) is 42.1 Å². The second-order valence-corrected chi connectivity index (χ2v) is 6.83. The molecule has 0 saturated carbocycles. The van der Waals surface area contributed by atoms with Gasteiger partial charge in [-0.2, -0.15) is 5.10 Å². The summed E-state index contributed by atoms with van der Waals surface area (Å²) in [7, 11) is 1.65. The Hall–Kier alpha value is -2.66. The third-order valence-electron chi connectivity index (χ3n) is 4.58. The van der Waals surface area contributed by atoms with Crippen molar-refractivity contribution >= 4 is 29.9 Å². The van der Waals surface area contributed by atoms with Crippen molar-refractivity contribution in [3.63, 3.8) is 0 Å². The smallest absolute Gasteiger partial charge is 0.218 e. The molecule has 0 amide bonds. The lowest BCUT2D eigenvalue weighted by atomic mass is 10.1. The maximum Gasteiger partial charge on any atom is 0.218 e. The number of benzene rings is 1. The number of hydrogen-bond acceptors (Lipinski definition) is 5. The number of hydrogen-bond donors (Lipinski definition) is 2. The van der Waals surface area contributed by atoms with Gasteiger partial charge in [0.25, 0.3) is 0 Å². The highest BCUT2D eigenvalue weighted by molar-refractivity contribution is 14.0. The van der Waals surface area contributed by atoms with E-state index in [4.69, 9.17) is 14.5 Å². The first-order valence-corrected chi connectivity index (χ1v) is 10.4. The monoisotopic (exact) mass is 550 g/mol. The summed E-state index contributed by atoms with van der Waals surface area (Å²) in [6, 6.07) is 14.1. The van der Waals surface area contributed by atoms with Gasteiger partial charge in [0.05, 0.1) is 19.7 Å². The molecule has 3 aromatic rings. The number of ether oxygens (including phenoxy) is 2. The number of pyridine rings is 1.